The van der Waals surface area contributed by atoms with Gasteiger partial charge < -0.3 is 5.73 Å². The predicted octanol–water partition coefficient (Wildman–Crippen LogP) is 0.561. The summed E-state index contributed by atoms with van der Waals surface area (Å²) in [6.07, 6.45) is 3.18. The Morgan fingerprint density at radius 3 is 2.47 bits per heavy atom. The van der Waals surface area contributed by atoms with E-state index < -0.39 is 10.0 Å². The van der Waals surface area contributed by atoms with Gasteiger partial charge in [-0.25, -0.2) is 12.7 Å². The van der Waals surface area contributed by atoms with Gasteiger partial charge in [0.25, 0.3) is 0 Å². The lowest BCUT2D eigenvalue weighted by Gasteiger charge is -2.32. The molecule has 0 saturated carbocycles. The Hall–Kier alpha value is -0.390. The highest BCUT2D eigenvalue weighted by Crippen LogP contribution is 2.21. The van der Waals surface area contributed by atoms with Crippen molar-refractivity contribution >= 4 is 10.0 Å². The molecule has 0 bridgehead atoms. The van der Waals surface area contributed by atoms with Gasteiger partial charge in [-0.3, -0.25) is 0 Å². The lowest BCUT2D eigenvalue weighted by atomic mass is 9.92. The maximum absolute atomic E-state index is 11.7. The summed E-state index contributed by atoms with van der Waals surface area (Å²) in [7, 11) is -3.11. The molecule has 0 aromatic heterocycles. The molecule has 0 aromatic rings. The molecule has 0 amide bonds. The maximum Gasteiger partial charge on any atom is 0.217 e. The Morgan fingerprint density at radius 2 is 2.07 bits per heavy atom. The van der Waals surface area contributed by atoms with Crippen molar-refractivity contribution in [2.45, 2.75) is 25.8 Å². The van der Waals surface area contributed by atoms with E-state index in [1.807, 2.05) is 6.92 Å². The van der Waals surface area contributed by atoms with E-state index >= 15 is 0 Å². The summed E-state index contributed by atoms with van der Waals surface area (Å²) in [6.45, 7) is 6.64. The van der Waals surface area contributed by atoms with Gasteiger partial charge in [0.2, 0.25) is 10.0 Å². The molecule has 4 nitrogen and oxygen atoms in total. The average molecular weight is 232 g/mol. The number of hydrogen-bond donors (Lipinski definition) is 1. The van der Waals surface area contributed by atoms with Crippen LogP contribution in [0.1, 0.15) is 19.8 Å². The summed E-state index contributed by atoms with van der Waals surface area (Å²) in [5.74, 6) is 0.496. The fourth-order valence-corrected chi connectivity index (χ4v) is 3.21. The standard InChI is InChI=1S/C10H20N2O2S/c1-3-8-15(13,14)12-6-4-10(5-7-12)9(2)11/h3,9-10H,1,4-8,11H2,2H3. The normalized spacial score (nSPS) is 22.5. The molecule has 5 heteroatoms. The van der Waals surface area contributed by atoms with E-state index in [1.165, 1.54) is 6.08 Å². The van der Waals surface area contributed by atoms with Gasteiger partial charge in [-0.1, -0.05) is 6.08 Å². The average Bonchev–Trinajstić information content (AvgIpc) is 2.18. The molecule has 1 atom stereocenters. The van der Waals surface area contributed by atoms with E-state index in [0.717, 1.165) is 12.8 Å². The Balaban J connectivity index is 2.54. The van der Waals surface area contributed by atoms with Crippen LogP contribution in [-0.2, 0) is 10.0 Å². The van der Waals surface area contributed by atoms with Gasteiger partial charge in [0, 0.05) is 19.1 Å². The molecule has 1 rings (SSSR count). The molecular weight excluding hydrogens is 212 g/mol. The lowest BCUT2D eigenvalue weighted by molar-refractivity contribution is 0.251. The van der Waals surface area contributed by atoms with Crippen molar-refractivity contribution in [2.24, 2.45) is 11.7 Å². The first-order valence-electron chi connectivity index (χ1n) is 5.31. The molecule has 1 unspecified atom stereocenters. The smallest absolute Gasteiger partial charge is 0.217 e. The SMILES string of the molecule is C=CCS(=O)(=O)N1CCC(C(C)N)CC1. The number of rotatable bonds is 4. The van der Waals surface area contributed by atoms with Crippen molar-refractivity contribution in [2.75, 3.05) is 18.8 Å². The highest BCUT2D eigenvalue weighted by Gasteiger charge is 2.28. The minimum absolute atomic E-state index is 0.0375. The molecule has 0 radical (unpaired) electrons. The van der Waals surface area contributed by atoms with Crippen LogP contribution in [0.2, 0.25) is 0 Å². The van der Waals surface area contributed by atoms with E-state index in [0.29, 0.717) is 19.0 Å². The number of piperidine rings is 1. The summed E-state index contributed by atoms with van der Waals surface area (Å²) in [5, 5.41) is 0. The van der Waals surface area contributed by atoms with Gasteiger partial charge in [-0.15, -0.1) is 6.58 Å². The first kappa shape index (κ1) is 12.7. The first-order valence-corrected chi connectivity index (χ1v) is 6.92. The summed E-state index contributed by atoms with van der Waals surface area (Å²) in [6, 6.07) is 0.161. The van der Waals surface area contributed by atoms with E-state index in [4.69, 9.17) is 5.73 Å². The van der Waals surface area contributed by atoms with E-state index in [9.17, 15) is 8.42 Å². The topological polar surface area (TPSA) is 63.4 Å². The monoisotopic (exact) mass is 232 g/mol. The highest BCUT2D eigenvalue weighted by molar-refractivity contribution is 7.89. The molecular formula is C10H20N2O2S. The molecule has 0 aromatic carbocycles. The predicted molar refractivity (Wildman–Crippen MR) is 61.9 cm³/mol. The van der Waals surface area contributed by atoms with Crippen LogP contribution < -0.4 is 5.73 Å². The van der Waals surface area contributed by atoms with E-state index in [-0.39, 0.29) is 11.8 Å². The largest absolute Gasteiger partial charge is 0.328 e. The van der Waals surface area contributed by atoms with Crippen LogP contribution in [0.5, 0.6) is 0 Å². The van der Waals surface area contributed by atoms with Gasteiger partial charge in [-0.05, 0) is 25.7 Å². The Morgan fingerprint density at radius 1 is 1.53 bits per heavy atom. The quantitative estimate of drug-likeness (QED) is 0.720. The van der Waals surface area contributed by atoms with Gasteiger partial charge in [-0.2, -0.15) is 0 Å². The Labute approximate surface area is 92.2 Å². The molecule has 1 saturated heterocycles. The van der Waals surface area contributed by atoms with Crippen LogP contribution in [0.3, 0.4) is 0 Å². The van der Waals surface area contributed by atoms with Crippen LogP contribution in [0.25, 0.3) is 0 Å². The van der Waals surface area contributed by atoms with Crippen LogP contribution >= 0.6 is 0 Å². The number of hydrogen-bond acceptors (Lipinski definition) is 3. The van der Waals surface area contributed by atoms with Crippen LogP contribution in [-0.4, -0.2) is 37.6 Å². The van der Waals surface area contributed by atoms with Crippen molar-refractivity contribution < 1.29 is 8.42 Å². The molecule has 0 spiro atoms. The van der Waals surface area contributed by atoms with Crippen molar-refractivity contribution in [3.05, 3.63) is 12.7 Å². The third-order valence-corrected chi connectivity index (χ3v) is 4.77. The molecule has 0 aliphatic carbocycles. The molecule has 1 heterocycles. The zero-order chi connectivity index (χ0) is 11.5. The second kappa shape index (κ2) is 5.09. The lowest BCUT2D eigenvalue weighted by Crippen LogP contribution is -2.43. The van der Waals surface area contributed by atoms with Crippen LogP contribution in [0.4, 0.5) is 0 Å². The summed E-state index contributed by atoms with van der Waals surface area (Å²) in [4.78, 5) is 0. The third kappa shape index (κ3) is 3.29. The molecule has 1 fully saturated rings. The van der Waals surface area contributed by atoms with Crippen molar-refractivity contribution in [1.82, 2.24) is 4.31 Å². The van der Waals surface area contributed by atoms with Crippen LogP contribution in [0.15, 0.2) is 12.7 Å². The Bertz CT molecular complexity index is 303. The molecule has 1 aliphatic rings. The van der Waals surface area contributed by atoms with Gasteiger partial charge in [0.15, 0.2) is 0 Å². The summed E-state index contributed by atoms with van der Waals surface area (Å²) < 4.78 is 24.9. The molecule has 1 aliphatic heterocycles. The summed E-state index contributed by atoms with van der Waals surface area (Å²) in [5.41, 5.74) is 5.80. The van der Waals surface area contributed by atoms with Crippen molar-refractivity contribution in [3.8, 4) is 0 Å². The van der Waals surface area contributed by atoms with E-state index in [1.54, 1.807) is 4.31 Å². The van der Waals surface area contributed by atoms with Crippen molar-refractivity contribution in [3.63, 3.8) is 0 Å². The molecule has 15 heavy (non-hydrogen) atoms. The van der Waals surface area contributed by atoms with Gasteiger partial charge in [0.1, 0.15) is 0 Å². The third-order valence-electron chi connectivity index (χ3n) is 2.96. The zero-order valence-corrected chi connectivity index (χ0v) is 10.0. The fraction of sp³-hybridized carbons (Fsp3) is 0.800. The van der Waals surface area contributed by atoms with Crippen LogP contribution in [0, 0.1) is 5.92 Å². The van der Waals surface area contributed by atoms with Gasteiger partial charge >= 0.3 is 0 Å². The maximum atomic E-state index is 11.7. The summed E-state index contributed by atoms with van der Waals surface area (Å²) >= 11 is 0. The highest BCUT2D eigenvalue weighted by atomic mass is 32.2. The first-order chi connectivity index (χ1) is 6.97. The van der Waals surface area contributed by atoms with Gasteiger partial charge in [0.05, 0.1) is 5.75 Å². The molecule has 88 valence electrons. The minimum atomic E-state index is -3.11. The van der Waals surface area contributed by atoms with E-state index in [2.05, 4.69) is 6.58 Å². The van der Waals surface area contributed by atoms with Crippen molar-refractivity contribution in [1.29, 1.82) is 0 Å². The minimum Gasteiger partial charge on any atom is -0.328 e. The second-order valence-corrected chi connectivity index (χ2v) is 6.18. The number of sulfonamides is 1. The second-order valence-electron chi connectivity index (χ2n) is 4.16. The molecule has 2 N–H and O–H groups in total. The number of nitrogens with zero attached hydrogens (tertiary/aromatic N) is 1. The fourth-order valence-electron chi connectivity index (χ4n) is 1.93. The number of nitrogens with two attached hydrogens (primary N) is 1. The zero-order valence-electron chi connectivity index (χ0n) is 9.22. The Kier molecular flexibility index (Phi) is 4.31.